The smallest absolute Gasteiger partial charge is 0.253 e. The highest BCUT2D eigenvalue weighted by Crippen LogP contribution is 2.28. The third-order valence-electron chi connectivity index (χ3n) is 6.93. The number of aromatic nitrogens is 3. The topological polar surface area (TPSA) is 111 Å². The summed E-state index contributed by atoms with van der Waals surface area (Å²) in [6, 6.07) is 10.1. The van der Waals surface area contributed by atoms with Crippen LogP contribution in [0.2, 0.25) is 0 Å². The van der Waals surface area contributed by atoms with Crippen LogP contribution in [-0.4, -0.2) is 63.1 Å². The molecule has 1 aromatic carbocycles. The Bertz CT molecular complexity index is 1150. The number of piperidine rings is 1. The molecule has 4 heterocycles. The van der Waals surface area contributed by atoms with Crippen LogP contribution in [0, 0.1) is 0 Å². The Morgan fingerprint density at radius 1 is 1.11 bits per heavy atom. The normalized spacial score (nSPS) is 17.1. The highest BCUT2D eigenvalue weighted by atomic mass is 16.5. The Balaban J connectivity index is 1.21. The minimum absolute atomic E-state index is 0.0995. The maximum Gasteiger partial charge on any atom is 0.253 e. The highest BCUT2D eigenvalue weighted by Gasteiger charge is 2.28. The first-order valence-corrected chi connectivity index (χ1v) is 12.4. The van der Waals surface area contributed by atoms with Crippen LogP contribution in [0.1, 0.15) is 54.7 Å². The van der Waals surface area contributed by atoms with E-state index in [2.05, 4.69) is 20.0 Å². The van der Waals surface area contributed by atoms with Gasteiger partial charge in [0.15, 0.2) is 18.2 Å². The first kappa shape index (κ1) is 23.3. The van der Waals surface area contributed by atoms with E-state index in [1.807, 2.05) is 42.2 Å². The molecule has 9 nitrogen and oxygen atoms in total. The molecular weight excluding hydrogens is 444 g/mol. The van der Waals surface area contributed by atoms with Crippen molar-refractivity contribution < 1.29 is 14.1 Å². The number of nitrogens with zero attached hydrogens (tertiary/aromatic N) is 5. The standard InChI is InChI=1S/C26H32N6O3/c1-2-24-29-23(30-35-24)17-34-22-15-20(16-28-25(22)27)18-5-7-19(8-6-18)26(33)32-13-9-21(10-14-32)31-11-3-4-12-31/h5-8,15-16,21H,2-4,9-14,17H2,1H3,(H2,27,28). The van der Waals surface area contributed by atoms with Crippen LogP contribution in [0.5, 0.6) is 5.75 Å². The number of hydrogen-bond donors (Lipinski definition) is 1. The van der Waals surface area contributed by atoms with Crippen molar-refractivity contribution in [1.29, 1.82) is 0 Å². The number of anilines is 1. The van der Waals surface area contributed by atoms with Gasteiger partial charge in [0.25, 0.3) is 5.91 Å². The third-order valence-corrected chi connectivity index (χ3v) is 6.93. The molecule has 35 heavy (non-hydrogen) atoms. The predicted molar refractivity (Wildman–Crippen MR) is 132 cm³/mol. The van der Waals surface area contributed by atoms with Crippen LogP contribution in [0.25, 0.3) is 11.1 Å². The molecular formula is C26H32N6O3. The van der Waals surface area contributed by atoms with Crippen molar-refractivity contribution in [1.82, 2.24) is 24.9 Å². The SMILES string of the molecule is CCc1nc(COc2cc(-c3ccc(C(=O)N4CCC(N5CCCC5)CC4)cc3)cnc2N)no1. The summed E-state index contributed by atoms with van der Waals surface area (Å²) < 4.78 is 10.9. The summed E-state index contributed by atoms with van der Waals surface area (Å²) in [6.45, 7) is 6.16. The van der Waals surface area contributed by atoms with Gasteiger partial charge in [-0.05, 0) is 62.5 Å². The number of nitrogens with two attached hydrogens (primary N) is 1. The van der Waals surface area contributed by atoms with Crippen LogP contribution in [0.15, 0.2) is 41.1 Å². The van der Waals surface area contributed by atoms with Gasteiger partial charge in [-0.3, -0.25) is 4.79 Å². The van der Waals surface area contributed by atoms with E-state index >= 15 is 0 Å². The molecule has 5 rings (SSSR count). The van der Waals surface area contributed by atoms with Gasteiger partial charge in [-0.1, -0.05) is 24.2 Å². The molecule has 0 saturated carbocycles. The van der Waals surface area contributed by atoms with Crippen molar-refractivity contribution in [2.75, 3.05) is 31.9 Å². The fraction of sp³-hybridized carbons (Fsp3) is 0.462. The summed E-state index contributed by atoms with van der Waals surface area (Å²) in [5, 5.41) is 3.89. The molecule has 2 aliphatic rings. The molecule has 0 atom stereocenters. The second-order valence-electron chi connectivity index (χ2n) is 9.20. The van der Waals surface area contributed by atoms with Crippen LogP contribution in [-0.2, 0) is 13.0 Å². The van der Waals surface area contributed by atoms with Gasteiger partial charge < -0.3 is 24.8 Å². The third kappa shape index (κ3) is 5.30. The van der Waals surface area contributed by atoms with E-state index in [1.165, 1.54) is 25.9 Å². The average molecular weight is 477 g/mol. The lowest BCUT2D eigenvalue weighted by Crippen LogP contribution is -2.45. The zero-order valence-electron chi connectivity index (χ0n) is 20.2. The Hall–Kier alpha value is -3.46. The fourth-order valence-corrected chi connectivity index (χ4v) is 4.89. The van der Waals surface area contributed by atoms with Gasteiger partial charge in [0.1, 0.15) is 0 Å². The van der Waals surface area contributed by atoms with Gasteiger partial charge in [0, 0.05) is 42.9 Å². The molecule has 0 radical (unpaired) electrons. The van der Waals surface area contributed by atoms with Gasteiger partial charge in [-0.2, -0.15) is 4.98 Å². The molecule has 0 bridgehead atoms. The van der Waals surface area contributed by atoms with Gasteiger partial charge in [0.2, 0.25) is 11.7 Å². The Morgan fingerprint density at radius 3 is 2.54 bits per heavy atom. The van der Waals surface area contributed by atoms with E-state index < -0.39 is 0 Å². The van der Waals surface area contributed by atoms with Gasteiger partial charge in [0.05, 0.1) is 0 Å². The van der Waals surface area contributed by atoms with Crippen molar-refractivity contribution in [3.05, 3.63) is 53.8 Å². The summed E-state index contributed by atoms with van der Waals surface area (Å²) in [4.78, 5) is 26.2. The lowest BCUT2D eigenvalue weighted by atomic mass is 10.0. The lowest BCUT2D eigenvalue weighted by molar-refractivity contribution is 0.0644. The number of rotatable bonds is 7. The molecule has 3 aromatic rings. The predicted octanol–water partition coefficient (Wildman–Crippen LogP) is 3.56. The van der Waals surface area contributed by atoms with Crippen molar-refractivity contribution in [3.63, 3.8) is 0 Å². The van der Waals surface area contributed by atoms with E-state index in [0.717, 1.165) is 37.1 Å². The quantitative estimate of drug-likeness (QED) is 0.551. The number of hydrogen-bond acceptors (Lipinski definition) is 8. The number of nitrogen functional groups attached to an aromatic ring is 1. The first-order valence-electron chi connectivity index (χ1n) is 12.4. The number of likely N-dealkylation sites (tertiary alicyclic amines) is 2. The summed E-state index contributed by atoms with van der Waals surface area (Å²) in [6.07, 6.45) is 7.11. The number of amides is 1. The van der Waals surface area contributed by atoms with E-state index in [4.69, 9.17) is 15.0 Å². The Morgan fingerprint density at radius 2 is 1.86 bits per heavy atom. The second-order valence-corrected chi connectivity index (χ2v) is 9.20. The summed E-state index contributed by atoms with van der Waals surface area (Å²) in [7, 11) is 0. The molecule has 184 valence electrons. The molecule has 0 unspecified atom stereocenters. The van der Waals surface area contributed by atoms with E-state index in [-0.39, 0.29) is 18.3 Å². The maximum absolute atomic E-state index is 13.1. The van der Waals surface area contributed by atoms with Gasteiger partial charge >= 0.3 is 0 Å². The number of carbonyl (C=O) groups is 1. The molecule has 1 amide bonds. The number of carbonyl (C=O) groups excluding carboxylic acids is 1. The zero-order valence-corrected chi connectivity index (χ0v) is 20.2. The largest absolute Gasteiger partial charge is 0.482 e. The van der Waals surface area contributed by atoms with Crippen molar-refractivity contribution in [3.8, 4) is 16.9 Å². The van der Waals surface area contributed by atoms with Crippen LogP contribution in [0.4, 0.5) is 5.82 Å². The molecule has 2 fully saturated rings. The van der Waals surface area contributed by atoms with E-state index in [1.54, 1.807) is 6.20 Å². The van der Waals surface area contributed by atoms with Crippen molar-refractivity contribution in [2.45, 2.75) is 51.7 Å². The minimum atomic E-state index is 0.0995. The van der Waals surface area contributed by atoms with Crippen molar-refractivity contribution >= 4 is 11.7 Å². The van der Waals surface area contributed by atoms with E-state index in [9.17, 15) is 4.79 Å². The zero-order chi connectivity index (χ0) is 24.2. The molecule has 2 saturated heterocycles. The van der Waals surface area contributed by atoms with Crippen LogP contribution < -0.4 is 10.5 Å². The van der Waals surface area contributed by atoms with Crippen LogP contribution in [0.3, 0.4) is 0 Å². The van der Waals surface area contributed by atoms with Gasteiger partial charge in [-0.15, -0.1) is 0 Å². The lowest BCUT2D eigenvalue weighted by Gasteiger charge is -2.36. The molecule has 2 aliphatic heterocycles. The monoisotopic (exact) mass is 476 g/mol. The number of benzene rings is 1. The Kier molecular flexibility index (Phi) is 6.94. The fourth-order valence-electron chi connectivity index (χ4n) is 4.89. The molecule has 0 aliphatic carbocycles. The Labute approximate surface area is 205 Å². The van der Waals surface area contributed by atoms with Gasteiger partial charge in [-0.25, -0.2) is 4.98 Å². The number of aryl methyl sites for hydroxylation is 1. The summed E-state index contributed by atoms with van der Waals surface area (Å²) in [5.74, 6) is 1.86. The highest BCUT2D eigenvalue weighted by molar-refractivity contribution is 5.94. The summed E-state index contributed by atoms with van der Waals surface area (Å²) in [5.41, 5.74) is 8.49. The van der Waals surface area contributed by atoms with Crippen LogP contribution >= 0.6 is 0 Å². The maximum atomic E-state index is 13.1. The molecule has 0 spiro atoms. The second kappa shape index (κ2) is 10.4. The first-order chi connectivity index (χ1) is 17.1. The number of ether oxygens (including phenoxy) is 1. The average Bonchev–Trinajstić information content (AvgIpc) is 3.61. The summed E-state index contributed by atoms with van der Waals surface area (Å²) >= 11 is 0. The van der Waals surface area contributed by atoms with E-state index in [0.29, 0.717) is 35.5 Å². The minimum Gasteiger partial charge on any atom is -0.482 e. The van der Waals surface area contributed by atoms with Crippen molar-refractivity contribution in [2.24, 2.45) is 0 Å². The molecule has 2 N–H and O–H groups in total. The molecule has 2 aromatic heterocycles. The molecule has 9 heteroatoms. The number of pyridine rings is 1.